The van der Waals surface area contributed by atoms with Gasteiger partial charge < -0.3 is 19.9 Å². The normalized spacial score (nSPS) is 20.4. The molecular weight excluding hydrogens is 390 g/mol. The summed E-state index contributed by atoms with van der Waals surface area (Å²) in [6.07, 6.45) is 6.63. The van der Waals surface area contributed by atoms with Crippen molar-refractivity contribution < 1.29 is 4.74 Å². The molecule has 168 valence electrons. The van der Waals surface area contributed by atoms with Crippen LogP contribution in [-0.2, 0) is 20.1 Å². The number of aliphatic imine (C=N–C) groups is 1. The number of likely N-dealkylation sites (tertiary alicyclic amines) is 1. The van der Waals surface area contributed by atoms with Crippen molar-refractivity contribution in [2.75, 3.05) is 20.2 Å². The number of nitrogens with zero attached hydrogens (tertiary/aromatic N) is 5. The van der Waals surface area contributed by atoms with Gasteiger partial charge in [0.25, 0.3) is 0 Å². The standard InChI is InChI=1S/C23H35N7O/c1-17-27-28-22(29(17)2)15-25-23(24-14-18-8-10-21(31-3)11-9-18)26-19-12-13-30(16-19)20-6-4-5-7-20/h8-11,19-20H,4-7,12-16H2,1-3H3,(H2,24,25,26). The predicted octanol–water partition coefficient (Wildman–Crippen LogP) is 2.38. The maximum absolute atomic E-state index is 5.26. The first-order valence-corrected chi connectivity index (χ1v) is 11.4. The summed E-state index contributed by atoms with van der Waals surface area (Å²) in [5.74, 6) is 3.49. The smallest absolute Gasteiger partial charge is 0.192 e. The Morgan fingerprint density at radius 3 is 2.61 bits per heavy atom. The number of hydrogen-bond acceptors (Lipinski definition) is 5. The van der Waals surface area contributed by atoms with E-state index in [9.17, 15) is 0 Å². The lowest BCUT2D eigenvalue weighted by atomic mass is 10.2. The maximum atomic E-state index is 5.26. The molecule has 2 aliphatic rings. The Labute approximate surface area is 185 Å². The number of benzene rings is 1. The first-order chi connectivity index (χ1) is 15.1. The summed E-state index contributed by atoms with van der Waals surface area (Å²) in [7, 11) is 3.67. The van der Waals surface area contributed by atoms with E-state index in [4.69, 9.17) is 9.73 Å². The largest absolute Gasteiger partial charge is 0.497 e. The van der Waals surface area contributed by atoms with E-state index in [1.165, 1.54) is 32.2 Å². The van der Waals surface area contributed by atoms with Crippen LogP contribution in [0.4, 0.5) is 0 Å². The third kappa shape index (κ3) is 5.55. The molecule has 1 saturated carbocycles. The van der Waals surface area contributed by atoms with Crippen LogP contribution in [0.2, 0.25) is 0 Å². The van der Waals surface area contributed by atoms with E-state index in [0.29, 0.717) is 19.1 Å². The zero-order valence-electron chi connectivity index (χ0n) is 19.0. The lowest BCUT2D eigenvalue weighted by Gasteiger charge is -2.24. The molecule has 8 heteroatoms. The summed E-state index contributed by atoms with van der Waals surface area (Å²) in [5.41, 5.74) is 1.15. The Morgan fingerprint density at radius 2 is 1.94 bits per heavy atom. The van der Waals surface area contributed by atoms with Crippen molar-refractivity contribution >= 4 is 5.96 Å². The fourth-order valence-electron chi connectivity index (χ4n) is 4.52. The highest BCUT2D eigenvalue weighted by Gasteiger charge is 2.30. The van der Waals surface area contributed by atoms with Gasteiger partial charge in [0.2, 0.25) is 0 Å². The van der Waals surface area contributed by atoms with Gasteiger partial charge in [-0.3, -0.25) is 4.90 Å². The van der Waals surface area contributed by atoms with Crippen LogP contribution >= 0.6 is 0 Å². The summed E-state index contributed by atoms with van der Waals surface area (Å²) in [5, 5.41) is 15.6. The number of methoxy groups -OCH3 is 1. The van der Waals surface area contributed by atoms with E-state index in [2.05, 4.69) is 37.9 Å². The van der Waals surface area contributed by atoms with Gasteiger partial charge in [0.05, 0.1) is 20.2 Å². The molecule has 1 aliphatic carbocycles. The molecule has 1 aliphatic heterocycles. The zero-order valence-corrected chi connectivity index (χ0v) is 19.0. The quantitative estimate of drug-likeness (QED) is 0.524. The molecule has 1 aromatic heterocycles. The molecule has 2 heterocycles. The second kappa shape index (κ2) is 10.1. The van der Waals surface area contributed by atoms with E-state index in [1.54, 1.807) is 7.11 Å². The highest BCUT2D eigenvalue weighted by atomic mass is 16.5. The second-order valence-corrected chi connectivity index (χ2v) is 8.65. The van der Waals surface area contributed by atoms with Crippen LogP contribution in [0.5, 0.6) is 5.75 Å². The monoisotopic (exact) mass is 425 g/mol. The van der Waals surface area contributed by atoms with E-state index in [1.807, 2.05) is 30.7 Å². The number of aromatic nitrogens is 3. The van der Waals surface area contributed by atoms with Gasteiger partial charge in [-0.05, 0) is 43.9 Å². The highest BCUT2D eigenvalue weighted by Crippen LogP contribution is 2.26. The molecule has 1 atom stereocenters. The minimum atomic E-state index is 0.420. The summed E-state index contributed by atoms with van der Waals surface area (Å²) >= 11 is 0. The van der Waals surface area contributed by atoms with Crippen molar-refractivity contribution in [3.63, 3.8) is 0 Å². The topological polar surface area (TPSA) is 79.6 Å². The van der Waals surface area contributed by atoms with Gasteiger partial charge in [-0.25, -0.2) is 4.99 Å². The molecule has 2 aromatic rings. The van der Waals surface area contributed by atoms with Crippen molar-refractivity contribution in [2.24, 2.45) is 12.0 Å². The zero-order chi connectivity index (χ0) is 21.6. The van der Waals surface area contributed by atoms with E-state index in [-0.39, 0.29) is 0 Å². The van der Waals surface area contributed by atoms with Gasteiger partial charge in [-0.2, -0.15) is 0 Å². The number of hydrogen-bond donors (Lipinski definition) is 2. The Hall–Kier alpha value is -2.61. The summed E-state index contributed by atoms with van der Waals surface area (Å²) in [6, 6.07) is 9.27. The summed E-state index contributed by atoms with van der Waals surface area (Å²) in [4.78, 5) is 7.53. The number of guanidine groups is 1. The van der Waals surface area contributed by atoms with E-state index >= 15 is 0 Å². The van der Waals surface area contributed by atoms with Crippen molar-refractivity contribution in [3.8, 4) is 5.75 Å². The van der Waals surface area contributed by atoms with Crippen molar-refractivity contribution in [3.05, 3.63) is 41.5 Å². The lowest BCUT2D eigenvalue weighted by molar-refractivity contribution is 0.242. The molecule has 2 fully saturated rings. The van der Waals surface area contributed by atoms with Crippen LogP contribution in [0.25, 0.3) is 0 Å². The molecule has 4 rings (SSSR count). The van der Waals surface area contributed by atoms with E-state index in [0.717, 1.165) is 47.9 Å². The first kappa shape index (κ1) is 21.6. The highest BCUT2D eigenvalue weighted by molar-refractivity contribution is 5.80. The Balaban J connectivity index is 1.40. The molecule has 1 saturated heterocycles. The Morgan fingerprint density at radius 1 is 1.16 bits per heavy atom. The predicted molar refractivity (Wildman–Crippen MR) is 122 cm³/mol. The van der Waals surface area contributed by atoms with Crippen LogP contribution in [0.15, 0.2) is 29.3 Å². The fraction of sp³-hybridized carbons (Fsp3) is 0.609. The molecule has 2 N–H and O–H groups in total. The minimum Gasteiger partial charge on any atom is -0.497 e. The van der Waals surface area contributed by atoms with Crippen LogP contribution in [-0.4, -0.2) is 57.9 Å². The second-order valence-electron chi connectivity index (χ2n) is 8.65. The third-order valence-corrected chi connectivity index (χ3v) is 6.58. The molecule has 8 nitrogen and oxygen atoms in total. The average molecular weight is 426 g/mol. The minimum absolute atomic E-state index is 0.420. The number of nitrogens with one attached hydrogen (secondary N) is 2. The van der Waals surface area contributed by atoms with Gasteiger partial charge in [0.1, 0.15) is 11.6 Å². The SMILES string of the molecule is COc1ccc(CN=C(NCc2nnc(C)n2C)NC2CCN(C3CCCC3)C2)cc1. The molecule has 31 heavy (non-hydrogen) atoms. The van der Waals surface area contributed by atoms with Gasteiger partial charge in [-0.15, -0.1) is 10.2 Å². The van der Waals surface area contributed by atoms with E-state index < -0.39 is 0 Å². The van der Waals surface area contributed by atoms with Crippen LogP contribution in [0.1, 0.15) is 49.3 Å². The van der Waals surface area contributed by atoms with Gasteiger partial charge >= 0.3 is 0 Å². The molecule has 1 aromatic carbocycles. The molecular formula is C23H35N7O. The molecule has 0 spiro atoms. The van der Waals surface area contributed by atoms with Crippen LogP contribution in [0.3, 0.4) is 0 Å². The third-order valence-electron chi connectivity index (χ3n) is 6.58. The number of ether oxygens (including phenoxy) is 1. The van der Waals surface area contributed by atoms with Crippen LogP contribution < -0.4 is 15.4 Å². The number of aryl methyl sites for hydroxylation is 1. The lowest BCUT2D eigenvalue weighted by Crippen LogP contribution is -2.45. The summed E-state index contributed by atoms with van der Waals surface area (Å²) in [6.45, 7) is 5.43. The Kier molecular flexibility index (Phi) is 7.06. The molecule has 0 bridgehead atoms. The molecule has 0 amide bonds. The first-order valence-electron chi connectivity index (χ1n) is 11.4. The van der Waals surface area contributed by atoms with Gasteiger partial charge in [-0.1, -0.05) is 25.0 Å². The molecule has 1 unspecified atom stereocenters. The maximum Gasteiger partial charge on any atom is 0.192 e. The van der Waals surface area contributed by atoms with Crippen LogP contribution in [0, 0.1) is 6.92 Å². The Bertz CT molecular complexity index is 871. The van der Waals surface area contributed by atoms with Crippen molar-refractivity contribution in [2.45, 2.75) is 64.2 Å². The van der Waals surface area contributed by atoms with Gasteiger partial charge in [0.15, 0.2) is 11.8 Å². The van der Waals surface area contributed by atoms with Crippen molar-refractivity contribution in [1.82, 2.24) is 30.3 Å². The summed E-state index contributed by atoms with van der Waals surface area (Å²) < 4.78 is 7.26. The number of rotatable bonds is 7. The average Bonchev–Trinajstić information content (AvgIpc) is 3.54. The van der Waals surface area contributed by atoms with Crippen molar-refractivity contribution in [1.29, 1.82) is 0 Å². The fourth-order valence-corrected chi connectivity index (χ4v) is 4.52. The molecule has 0 radical (unpaired) electrons. The van der Waals surface area contributed by atoms with Gasteiger partial charge in [0, 0.05) is 32.2 Å².